The zero-order valence-electron chi connectivity index (χ0n) is 20.6. The molecule has 9 nitrogen and oxygen atoms in total. The minimum Gasteiger partial charge on any atom is -0.364 e. The van der Waals surface area contributed by atoms with Crippen molar-refractivity contribution in [1.29, 1.82) is 0 Å². The molecule has 3 heterocycles. The lowest BCUT2D eigenvalue weighted by Gasteiger charge is -2.35. The molecule has 10 heteroatoms. The lowest BCUT2D eigenvalue weighted by atomic mass is 9.90. The van der Waals surface area contributed by atoms with Crippen LogP contribution in [0.2, 0.25) is 0 Å². The molecular weight excluding hydrogens is 461 g/mol. The Hall–Kier alpha value is -3.63. The molecule has 0 amide bonds. The first-order valence-electron chi connectivity index (χ1n) is 12.0. The maximum Gasteiger partial charge on any atom is 0.161 e. The van der Waals surface area contributed by atoms with E-state index < -0.39 is 12.3 Å². The maximum atomic E-state index is 14.8. The molecule has 1 aromatic carbocycles. The molecule has 1 fully saturated rings. The topological polar surface area (TPSA) is 91.9 Å². The Labute approximate surface area is 209 Å². The molecule has 0 saturated heterocycles. The summed E-state index contributed by atoms with van der Waals surface area (Å²) in [5, 5.41) is 12.1. The van der Waals surface area contributed by atoms with Crippen LogP contribution in [0.4, 0.5) is 10.2 Å². The van der Waals surface area contributed by atoms with Crippen molar-refractivity contribution in [2.75, 3.05) is 19.2 Å². The Bertz CT molecular complexity index is 1320. The molecule has 188 valence electrons. The summed E-state index contributed by atoms with van der Waals surface area (Å²) >= 11 is 0. The fraction of sp³-hybridized carbons (Fsp3) is 0.385. The van der Waals surface area contributed by atoms with Crippen LogP contribution in [0.25, 0.3) is 33.6 Å². The molecule has 0 spiro atoms. The number of anilines is 1. The van der Waals surface area contributed by atoms with Crippen LogP contribution in [-0.2, 0) is 23.6 Å². The standard InChI is InChI=1S/C26H30FN7O2/c1-33-14-19(11-29-33)17-6-4-7-18(10-17)25-28-13-21(20-12-30-34(2)15-20)26(32-25)31-23-9-5-8-22(27)24(23)36-16-35-3/h4,6-7,10-15,22-24H,5,8-9,16H2,1-3H3,(H,28,31,32)/t22-,23+,24-/m1/s1. The summed E-state index contributed by atoms with van der Waals surface area (Å²) in [6.45, 7) is 0.0366. The van der Waals surface area contributed by atoms with Crippen LogP contribution in [0.15, 0.2) is 55.2 Å². The first-order chi connectivity index (χ1) is 17.5. The van der Waals surface area contributed by atoms with Crippen molar-refractivity contribution in [2.24, 2.45) is 14.1 Å². The van der Waals surface area contributed by atoms with Gasteiger partial charge in [0.05, 0.1) is 18.4 Å². The molecule has 4 aromatic rings. The van der Waals surface area contributed by atoms with Gasteiger partial charge in [-0.25, -0.2) is 14.4 Å². The molecular formula is C26H30FN7O2. The van der Waals surface area contributed by atoms with E-state index in [0.29, 0.717) is 18.1 Å². The molecule has 36 heavy (non-hydrogen) atoms. The fourth-order valence-corrected chi connectivity index (χ4v) is 4.62. The number of hydrogen-bond donors (Lipinski definition) is 1. The second-order valence-corrected chi connectivity index (χ2v) is 9.08. The highest BCUT2D eigenvalue weighted by Crippen LogP contribution is 2.33. The van der Waals surface area contributed by atoms with Gasteiger partial charge < -0.3 is 14.8 Å². The highest BCUT2D eigenvalue weighted by Gasteiger charge is 2.35. The predicted octanol–water partition coefficient (Wildman–Crippen LogP) is 4.24. The number of nitrogens with zero attached hydrogens (tertiary/aromatic N) is 6. The van der Waals surface area contributed by atoms with Crippen LogP contribution in [0.5, 0.6) is 0 Å². The number of halogens is 1. The van der Waals surface area contributed by atoms with Crippen molar-refractivity contribution in [3.05, 3.63) is 55.2 Å². The number of rotatable bonds is 8. The number of aryl methyl sites for hydroxylation is 2. The van der Waals surface area contributed by atoms with Gasteiger partial charge in [-0.3, -0.25) is 9.36 Å². The normalized spacial score (nSPS) is 19.9. The Morgan fingerprint density at radius 3 is 2.47 bits per heavy atom. The molecule has 3 aromatic heterocycles. The average molecular weight is 492 g/mol. The molecule has 0 bridgehead atoms. The zero-order chi connectivity index (χ0) is 25.1. The summed E-state index contributed by atoms with van der Waals surface area (Å²) < 4.78 is 29.1. The molecule has 3 atom stereocenters. The molecule has 1 aliphatic carbocycles. The summed E-state index contributed by atoms with van der Waals surface area (Å²) in [5.74, 6) is 1.18. The summed E-state index contributed by atoms with van der Waals surface area (Å²) in [7, 11) is 5.29. The van der Waals surface area contributed by atoms with Gasteiger partial charge in [-0.1, -0.05) is 18.2 Å². The smallest absolute Gasteiger partial charge is 0.161 e. The number of benzene rings is 1. The largest absolute Gasteiger partial charge is 0.364 e. The minimum atomic E-state index is -1.08. The van der Waals surface area contributed by atoms with Gasteiger partial charge in [0.2, 0.25) is 0 Å². The number of hydrogen-bond acceptors (Lipinski definition) is 7. The molecule has 0 unspecified atom stereocenters. The molecule has 1 aliphatic rings. The van der Waals surface area contributed by atoms with Crippen LogP contribution >= 0.6 is 0 Å². The first kappa shape index (κ1) is 24.1. The summed E-state index contributed by atoms with van der Waals surface area (Å²) in [6.07, 6.45) is 9.55. The van der Waals surface area contributed by atoms with Gasteiger partial charge in [0.1, 0.15) is 24.9 Å². The lowest BCUT2D eigenvalue weighted by molar-refractivity contribution is -0.111. The van der Waals surface area contributed by atoms with E-state index in [4.69, 9.17) is 14.5 Å². The Morgan fingerprint density at radius 2 is 1.75 bits per heavy atom. The quantitative estimate of drug-likeness (QED) is 0.369. The molecule has 1 saturated carbocycles. The minimum absolute atomic E-state index is 0.0366. The van der Waals surface area contributed by atoms with Crippen LogP contribution < -0.4 is 5.32 Å². The number of ether oxygens (including phenoxy) is 2. The Morgan fingerprint density at radius 1 is 1.00 bits per heavy atom. The van der Waals surface area contributed by atoms with Gasteiger partial charge in [0, 0.05) is 62.0 Å². The number of methoxy groups -OCH3 is 1. The van der Waals surface area contributed by atoms with E-state index in [2.05, 4.69) is 20.5 Å². The SMILES string of the molecule is COCO[C@@H]1[C@H](F)CCC[C@@H]1Nc1nc(-c2cccc(-c3cnn(C)c3)c2)ncc1-c1cnn(C)c1. The van der Waals surface area contributed by atoms with Crippen LogP contribution in [0.1, 0.15) is 19.3 Å². The van der Waals surface area contributed by atoms with Crippen molar-refractivity contribution in [3.63, 3.8) is 0 Å². The van der Waals surface area contributed by atoms with Crippen molar-refractivity contribution >= 4 is 5.82 Å². The van der Waals surface area contributed by atoms with Gasteiger partial charge in [-0.2, -0.15) is 10.2 Å². The highest BCUT2D eigenvalue weighted by atomic mass is 19.1. The third kappa shape index (κ3) is 5.14. The van der Waals surface area contributed by atoms with E-state index in [1.54, 1.807) is 21.8 Å². The van der Waals surface area contributed by atoms with Crippen LogP contribution in [-0.4, -0.2) is 61.7 Å². The van der Waals surface area contributed by atoms with E-state index >= 15 is 0 Å². The fourth-order valence-electron chi connectivity index (χ4n) is 4.62. The summed E-state index contributed by atoms with van der Waals surface area (Å²) in [4.78, 5) is 9.59. The van der Waals surface area contributed by atoms with Gasteiger partial charge in [0.25, 0.3) is 0 Å². The van der Waals surface area contributed by atoms with Crippen molar-refractivity contribution in [3.8, 4) is 33.6 Å². The number of nitrogens with one attached hydrogen (secondary N) is 1. The van der Waals surface area contributed by atoms with Gasteiger partial charge in [0.15, 0.2) is 5.82 Å². The zero-order valence-corrected chi connectivity index (χ0v) is 20.6. The average Bonchev–Trinajstić information content (AvgIpc) is 3.52. The van der Waals surface area contributed by atoms with Crippen molar-refractivity contribution < 1.29 is 13.9 Å². The number of aromatic nitrogens is 6. The van der Waals surface area contributed by atoms with E-state index in [-0.39, 0.29) is 12.8 Å². The van der Waals surface area contributed by atoms with Crippen molar-refractivity contribution in [1.82, 2.24) is 29.5 Å². The second-order valence-electron chi connectivity index (χ2n) is 9.08. The summed E-state index contributed by atoms with van der Waals surface area (Å²) in [5.41, 5.74) is 4.57. The first-order valence-corrected chi connectivity index (χ1v) is 12.0. The van der Waals surface area contributed by atoms with E-state index in [1.807, 2.05) is 57.0 Å². The van der Waals surface area contributed by atoms with Crippen LogP contribution in [0.3, 0.4) is 0 Å². The Kier molecular flexibility index (Phi) is 7.06. The third-order valence-corrected chi connectivity index (χ3v) is 6.41. The molecule has 1 N–H and O–H groups in total. The van der Waals surface area contributed by atoms with E-state index in [9.17, 15) is 4.39 Å². The maximum absolute atomic E-state index is 14.8. The highest BCUT2D eigenvalue weighted by molar-refractivity contribution is 5.76. The summed E-state index contributed by atoms with van der Waals surface area (Å²) in [6, 6.07) is 7.77. The van der Waals surface area contributed by atoms with Crippen LogP contribution in [0, 0.1) is 0 Å². The van der Waals surface area contributed by atoms with E-state index in [1.165, 1.54) is 7.11 Å². The lowest BCUT2D eigenvalue weighted by Crippen LogP contribution is -2.46. The monoisotopic (exact) mass is 491 g/mol. The van der Waals surface area contributed by atoms with E-state index in [0.717, 1.165) is 40.7 Å². The van der Waals surface area contributed by atoms with Gasteiger partial charge in [-0.15, -0.1) is 0 Å². The third-order valence-electron chi connectivity index (χ3n) is 6.41. The van der Waals surface area contributed by atoms with Gasteiger partial charge in [-0.05, 0) is 30.9 Å². The van der Waals surface area contributed by atoms with Gasteiger partial charge >= 0.3 is 0 Å². The Balaban J connectivity index is 1.52. The van der Waals surface area contributed by atoms with Crippen molar-refractivity contribution in [2.45, 2.75) is 37.6 Å². The predicted molar refractivity (Wildman–Crippen MR) is 135 cm³/mol. The molecule has 5 rings (SSSR count). The number of alkyl halides is 1. The second kappa shape index (κ2) is 10.5. The molecule has 0 aliphatic heterocycles. The molecule has 0 radical (unpaired) electrons.